The summed E-state index contributed by atoms with van der Waals surface area (Å²) in [6.07, 6.45) is 6.52. The van der Waals surface area contributed by atoms with Gasteiger partial charge in [0.1, 0.15) is 0 Å². The molecule has 0 bridgehead atoms. The van der Waals surface area contributed by atoms with Crippen molar-refractivity contribution < 1.29 is 8.76 Å². The van der Waals surface area contributed by atoms with Crippen molar-refractivity contribution in [2.45, 2.75) is 42.9 Å². The van der Waals surface area contributed by atoms with Gasteiger partial charge in [0.25, 0.3) is 0 Å². The van der Waals surface area contributed by atoms with E-state index >= 15 is 0 Å². The molecule has 1 fully saturated rings. The normalized spacial score (nSPS) is 18.8. The summed E-state index contributed by atoms with van der Waals surface area (Å²) in [7, 11) is 0. The van der Waals surface area contributed by atoms with Crippen LogP contribution in [0.25, 0.3) is 0 Å². The fourth-order valence-electron chi connectivity index (χ4n) is 2.29. The molecule has 0 radical (unpaired) electrons. The van der Waals surface area contributed by atoms with Crippen molar-refractivity contribution >= 4 is 40.6 Å². The van der Waals surface area contributed by atoms with Crippen LogP contribution >= 0.6 is 0 Å². The predicted octanol–water partition coefficient (Wildman–Crippen LogP) is 2.67. The van der Waals surface area contributed by atoms with E-state index in [9.17, 15) is 4.21 Å². The van der Waals surface area contributed by atoms with Gasteiger partial charge in [0.2, 0.25) is 0 Å². The van der Waals surface area contributed by atoms with Crippen LogP contribution in [-0.2, 0) is 11.1 Å². The minimum atomic E-state index is -1.84. The van der Waals surface area contributed by atoms with Crippen molar-refractivity contribution in [3.8, 4) is 0 Å². The van der Waals surface area contributed by atoms with Gasteiger partial charge in [0.05, 0.1) is 4.90 Å². The van der Waals surface area contributed by atoms with Crippen LogP contribution in [0.5, 0.6) is 0 Å². The molecule has 0 heterocycles. The topological polar surface area (TPSA) is 37.3 Å². The molecule has 0 amide bonds. The molecule has 0 spiro atoms. The maximum absolute atomic E-state index is 10.8. The Balaban J connectivity index is 0.00000128. The second kappa shape index (κ2) is 6.92. The molecule has 0 saturated heterocycles. The summed E-state index contributed by atoms with van der Waals surface area (Å²) in [5.41, 5.74) is 1.32. The SMILES string of the molecule is O=S(O)c1ccc(C2CCCCC2)cc1.[NaH]. The van der Waals surface area contributed by atoms with Crippen LogP contribution < -0.4 is 0 Å². The van der Waals surface area contributed by atoms with Crippen molar-refractivity contribution in [2.24, 2.45) is 0 Å². The molecular formula is C12H17NaO2S. The Hall–Kier alpha value is 0.330. The van der Waals surface area contributed by atoms with Crippen molar-refractivity contribution in [1.82, 2.24) is 0 Å². The Kier molecular flexibility index (Phi) is 6.22. The quantitative estimate of drug-likeness (QED) is 0.645. The molecule has 1 saturated carbocycles. The number of benzene rings is 1. The summed E-state index contributed by atoms with van der Waals surface area (Å²) in [4.78, 5) is 0.495. The zero-order valence-corrected chi connectivity index (χ0v) is 9.50. The van der Waals surface area contributed by atoms with Crippen molar-refractivity contribution in [2.75, 3.05) is 0 Å². The summed E-state index contributed by atoms with van der Waals surface area (Å²) in [5.74, 6) is 0.667. The third-order valence-corrected chi connectivity index (χ3v) is 3.83. The first-order valence-corrected chi connectivity index (χ1v) is 6.59. The van der Waals surface area contributed by atoms with Crippen LogP contribution in [0.15, 0.2) is 29.2 Å². The molecule has 1 unspecified atom stereocenters. The first-order valence-electron chi connectivity index (χ1n) is 5.48. The third-order valence-electron chi connectivity index (χ3n) is 3.16. The Bertz CT molecular complexity index is 345. The van der Waals surface area contributed by atoms with Crippen LogP contribution in [0.3, 0.4) is 0 Å². The van der Waals surface area contributed by atoms with Gasteiger partial charge in [-0.15, -0.1) is 0 Å². The molecule has 84 valence electrons. The first-order chi connectivity index (χ1) is 7.27. The molecule has 2 nitrogen and oxygen atoms in total. The number of hydrogen-bond acceptors (Lipinski definition) is 1. The van der Waals surface area contributed by atoms with E-state index in [0.29, 0.717) is 10.8 Å². The molecule has 1 aromatic carbocycles. The van der Waals surface area contributed by atoms with Crippen molar-refractivity contribution in [1.29, 1.82) is 0 Å². The number of hydrogen-bond donors (Lipinski definition) is 1. The molecule has 1 N–H and O–H groups in total. The van der Waals surface area contributed by atoms with Crippen LogP contribution in [0, 0.1) is 0 Å². The third kappa shape index (κ3) is 3.67. The molecule has 4 heteroatoms. The van der Waals surface area contributed by atoms with E-state index in [0.717, 1.165) is 0 Å². The molecule has 1 aliphatic rings. The Morgan fingerprint density at radius 2 is 1.62 bits per heavy atom. The Morgan fingerprint density at radius 1 is 1.06 bits per heavy atom. The van der Waals surface area contributed by atoms with Crippen LogP contribution in [0.1, 0.15) is 43.6 Å². The van der Waals surface area contributed by atoms with Crippen LogP contribution in [-0.4, -0.2) is 38.3 Å². The van der Waals surface area contributed by atoms with Crippen LogP contribution in [0.2, 0.25) is 0 Å². The fourth-order valence-corrected chi connectivity index (χ4v) is 2.66. The van der Waals surface area contributed by atoms with Gasteiger partial charge in [-0.2, -0.15) is 0 Å². The van der Waals surface area contributed by atoms with E-state index in [1.807, 2.05) is 12.1 Å². The van der Waals surface area contributed by atoms with Crippen molar-refractivity contribution in [3.63, 3.8) is 0 Å². The van der Waals surface area contributed by atoms with E-state index < -0.39 is 11.1 Å². The summed E-state index contributed by atoms with van der Waals surface area (Å²) in [6, 6.07) is 7.53. The molecular weight excluding hydrogens is 231 g/mol. The molecule has 1 aliphatic carbocycles. The number of rotatable bonds is 2. The predicted molar refractivity (Wildman–Crippen MR) is 68.5 cm³/mol. The second-order valence-electron chi connectivity index (χ2n) is 4.15. The minimum absolute atomic E-state index is 0. The van der Waals surface area contributed by atoms with Gasteiger partial charge in [-0.25, -0.2) is 4.21 Å². The van der Waals surface area contributed by atoms with Gasteiger partial charge in [0.15, 0.2) is 11.1 Å². The van der Waals surface area contributed by atoms with Gasteiger partial charge in [-0.05, 0) is 36.5 Å². The fraction of sp³-hybridized carbons (Fsp3) is 0.500. The summed E-state index contributed by atoms with van der Waals surface area (Å²) in [6.45, 7) is 0. The zero-order valence-electron chi connectivity index (χ0n) is 8.69. The molecule has 0 aromatic heterocycles. The van der Waals surface area contributed by atoms with Gasteiger partial charge < -0.3 is 4.55 Å². The van der Waals surface area contributed by atoms with E-state index in [1.54, 1.807) is 12.1 Å². The van der Waals surface area contributed by atoms with Gasteiger partial charge >= 0.3 is 29.6 Å². The molecule has 1 aromatic rings. The standard InChI is InChI=1S/C12H16O2S.Na.H/c13-15(14)12-8-6-11(7-9-12)10-4-2-1-3-5-10;;/h6-10H,1-5H2,(H,13,14);;. The van der Waals surface area contributed by atoms with E-state index in [4.69, 9.17) is 4.55 Å². The maximum atomic E-state index is 10.8. The Labute approximate surface area is 121 Å². The average Bonchev–Trinajstić information content (AvgIpc) is 2.30. The first kappa shape index (κ1) is 14.4. The molecule has 0 aliphatic heterocycles. The summed E-state index contributed by atoms with van der Waals surface area (Å²) >= 11 is -1.84. The summed E-state index contributed by atoms with van der Waals surface area (Å²) < 4.78 is 19.7. The zero-order chi connectivity index (χ0) is 10.7. The molecule has 2 rings (SSSR count). The monoisotopic (exact) mass is 248 g/mol. The molecule has 1 atom stereocenters. The molecule has 16 heavy (non-hydrogen) atoms. The Morgan fingerprint density at radius 3 is 2.12 bits per heavy atom. The van der Waals surface area contributed by atoms with Gasteiger partial charge in [-0.1, -0.05) is 31.4 Å². The van der Waals surface area contributed by atoms with E-state index in [-0.39, 0.29) is 29.6 Å². The van der Waals surface area contributed by atoms with E-state index in [2.05, 4.69) is 0 Å². The van der Waals surface area contributed by atoms with Gasteiger partial charge in [-0.3, -0.25) is 0 Å². The van der Waals surface area contributed by atoms with Crippen molar-refractivity contribution in [3.05, 3.63) is 29.8 Å². The summed E-state index contributed by atoms with van der Waals surface area (Å²) in [5, 5.41) is 0. The van der Waals surface area contributed by atoms with E-state index in [1.165, 1.54) is 37.7 Å². The average molecular weight is 248 g/mol. The van der Waals surface area contributed by atoms with Gasteiger partial charge in [0, 0.05) is 0 Å². The van der Waals surface area contributed by atoms with Crippen LogP contribution in [0.4, 0.5) is 0 Å². The second-order valence-corrected chi connectivity index (χ2v) is 5.12.